The maximum atomic E-state index is 14.0. The molecule has 4 heterocycles. The monoisotopic (exact) mass is 595 g/mol. The Morgan fingerprint density at radius 1 is 0.886 bits per heavy atom. The number of nitrogens with zero attached hydrogens (tertiary/aromatic N) is 4. The van der Waals surface area contributed by atoms with E-state index < -0.39 is 5.41 Å². The molecular formula is C33H37N7O4. The maximum absolute atomic E-state index is 14.0. The van der Waals surface area contributed by atoms with Crippen molar-refractivity contribution in [2.24, 2.45) is 0 Å². The predicted octanol–water partition coefficient (Wildman–Crippen LogP) is 3.21. The van der Waals surface area contributed by atoms with Crippen molar-refractivity contribution in [3.63, 3.8) is 0 Å². The molecule has 3 amide bonds. The summed E-state index contributed by atoms with van der Waals surface area (Å²) in [5.41, 5.74) is 2.11. The van der Waals surface area contributed by atoms with Gasteiger partial charge in [-0.1, -0.05) is 60.7 Å². The van der Waals surface area contributed by atoms with E-state index in [9.17, 15) is 14.4 Å². The van der Waals surface area contributed by atoms with Gasteiger partial charge >= 0.3 is 0 Å². The molecule has 44 heavy (non-hydrogen) atoms. The number of hydrogen-bond acceptors (Lipinski definition) is 7. The van der Waals surface area contributed by atoms with Crippen molar-refractivity contribution in [3.8, 4) is 11.4 Å². The molecule has 2 saturated heterocycles. The van der Waals surface area contributed by atoms with Crippen molar-refractivity contribution in [1.82, 2.24) is 30.1 Å². The lowest BCUT2D eigenvalue weighted by molar-refractivity contribution is -0.143. The van der Waals surface area contributed by atoms with Crippen molar-refractivity contribution in [3.05, 3.63) is 78.0 Å². The van der Waals surface area contributed by atoms with Gasteiger partial charge in [-0.2, -0.15) is 0 Å². The molecule has 0 radical (unpaired) electrons. The number of aromatic amines is 1. The zero-order valence-corrected chi connectivity index (χ0v) is 24.8. The molecule has 11 heteroatoms. The molecule has 0 saturated carbocycles. The third kappa shape index (κ3) is 6.00. The van der Waals surface area contributed by atoms with Crippen LogP contribution in [0.15, 0.2) is 66.7 Å². The molecule has 4 aromatic rings. The Bertz CT molecular complexity index is 1630. The topological polar surface area (TPSA) is 133 Å². The van der Waals surface area contributed by atoms with Gasteiger partial charge in [-0.15, -0.1) is 0 Å². The van der Waals surface area contributed by atoms with E-state index in [1.807, 2.05) is 70.5 Å². The van der Waals surface area contributed by atoms with Crippen LogP contribution in [-0.2, 0) is 19.7 Å². The normalized spacial score (nSPS) is 16.5. The molecule has 3 N–H and O–H groups in total. The van der Waals surface area contributed by atoms with Gasteiger partial charge < -0.3 is 30.2 Å². The van der Waals surface area contributed by atoms with Crippen LogP contribution in [-0.4, -0.2) is 95.0 Å². The van der Waals surface area contributed by atoms with Crippen LogP contribution in [0.5, 0.6) is 0 Å². The van der Waals surface area contributed by atoms with E-state index in [-0.39, 0.29) is 17.7 Å². The van der Waals surface area contributed by atoms with Gasteiger partial charge in [-0.05, 0) is 24.5 Å². The lowest BCUT2D eigenvalue weighted by Gasteiger charge is -2.44. The zero-order valence-electron chi connectivity index (χ0n) is 24.8. The smallest absolute Gasteiger partial charge is 0.270 e. The van der Waals surface area contributed by atoms with Crippen LogP contribution in [0.2, 0.25) is 0 Å². The maximum Gasteiger partial charge on any atom is 0.270 e. The summed E-state index contributed by atoms with van der Waals surface area (Å²) in [7, 11) is 0. The van der Waals surface area contributed by atoms with E-state index in [4.69, 9.17) is 14.7 Å². The molecule has 2 aliphatic rings. The lowest BCUT2D eigenvalue weighted by Crippen LogP contribution is -2.55. The van der Waals surface area contributed by atoms with Crippen molar-refractivity contribution in [2.45, 2.75) is 25.2 Å². The summed E-state index contributed by atoms with van der Waals surface area (Å²) >= 11 is 0. The minimum atomic E-state index is -0.684. The van der Waals surface area contributed by atoms with Crippen LogP contribution in [0, 0.1) is 0 Å². The number of piperidine rings is 1. The molecule has 0 atom stereocenters. The molecular weight excluding hydrogens is 558 g/mol. The molecule has 11 nitrogen and oxygen atoms in total. The first kappa shape index (κ1) is 29.3. The second-order valence-electron chi connectivity index (χ2n) is 11.3. The Kier molecular flexibility index (Phi) is 8.56. The number of aromatic nitrogens is 3. The van der Waals surface area contributed by atoms with E-state index in [1.165, 1.54) is 6.92 Å². The van der Waals surface area contributed by atoms with Crippen molar-refractivity contribution >= 4 is 34.6 Å². The molecule has 0 bridgehead atoms. The first-order valence-electron chi connectivity index (χ1n) is 15.1. The fourth-order valence-corrected chi connectivity index (χ4v) is 6.11. The average Bonchev–Trinajstić information content (AvgIpc) is 3.52. The summed E-state index contributed by atoms with van der Waals surface area (Å²) < 4.78 is 5.49. The Morgan fingerprint density at radius 3 is 2.25 bits per heavy atom. The second kappa shape index (κ2) is 12.8. The lowest BCUT2D eigenvalue weighted by atomic mass is 9.71. The third-order valence-electron chi connectivity index (χ3n) is 8.48. The van der Waals surface area contributed by atoms with E-state index >= 15 is 0 Å². The third-order valence-corrected chi connectivity index (χ3v) is 8.48. The fraction of sp³-hybridized carbons (Fsp3) is 0.364. The molecule has 0 aliphatic carbocycles. The summed E-state index contributed by atoms with van der Waals surface area (Å²) in [6, 6.07) is 21.4. The summed E-state index contributed by atoms with van der Waals surface area (Å²) in [6.45, 7) is 5.50. The van der Waals surface area contributed by atoms with Crippen LogP contribution in [0.1, 0.15) is 35.8 Å². The van der Waals surface area contributed by atoms with Gasteiger partial charge in [0.25, 0.3) is 5.91 Å². The summed E-state index contributed by atoms with van der Waals surface area (Å²) in [4.78, 5) is 55.6. The average molecular weight is 596 g/mol. The van der Waals surface area contributed by atoms with Gasteiger partial charge in [0.2, 0.25) is 11.8 Å². The second-order valence-corrected chi connectivity index (χ2v) is 11.3. The highest BCUT2D eigenvalue weighted by atomic mass is 16.5. The minimum absolute atomic E-state index is 0.108. The fourth-order valence-electron chi connectivity index (χ4n) is 6.11. The zero-order chi connectivity index (χ0) is 30.5. The number of nitrogens with one attached hydrogen (secondary N) is 3. The predicted molar refractivity (Wildman–Crippen MR) is 167 cm³/mol. The highest BCUT2D eigenvalue weighted by Crippen LogP contribution is 2.38. The Hall–Kier alpha value is -4.77. The molecule has 6 rings (SSSR count). The summed E-state index contributed by atoms with van der Waals surface area (Å²) in [5.74, 6) is 0.960. The first-order valence-corrected chi connectivity index (χ1v) is 15.1. The number of ether oxygens (including phenoxy) is 1. The molecule has 0 unspecified atom stereocenters. The van der Waals surface area contributed by atoms with Crippen molar-refractivity contribution < 1.29 is 19.1 Å². The van der Waals surface area contributed by atoms with Gasteiger partial charge in [0, 0.05) is 51.8 Å². The van der Waals surface area contributed by atoms with Crippen molar-refractivity contribution in [2.75, 3.05) is 57.8 Å². The molecule has 0 spiro atoms. The Morgan fingerprint density at radius 2 is 1.57 bits per heavy atom. The summed E-state index contributed by atoms with van der Waals surface area (Å²) in [6.07, 6.45) is 1.07. The number of H-pyrrole nitrogens is 1. The Balaban J connectivity index is 1.25. The van der Waals surface area contributed by atoms with Crippen LogP contribution < -0.4 is 10.6 Å². The van der Waals surface area contributed by atoms with Gasteiger partial charge in [-0.25, -0.2) is 9.97 Å². The number of morpholine rings is 1. The molecule has 228 valence electrons. The van der Waals surface area contributed by atoms with Crippen LogP contribution in [0.3, 0.4) is 0 Å². The van der Waals surface area contributed by atoms with Crippen molar-refractivity contribution in [1.29, 1.82) is 0 Å². The number of anilines is 1. The summed E-state index contributed by atoms with van der Waals surface area (Å²) in [5, 5.41) is 6.76. The number of likely N-dealkylation sites (tertiary alicyclic amines) is 1. The number of carbonyl (C=O) groups excluding carboxylic acids is 3. The SMILES string of the molecule is CC(=O)NCCNc1nc(-c2ccccc2)nc2[nH]c(C(=O)N3CCC(C(=O)N4CCOCC4)(c4ccccc4)CC3)cc12. The number of carbonyl (C=O) groups is 3. The largest absolute Gasteiger partial charge is 0.378 e. The molecule has 2 aliphatic heterocycles. The highest BCUT2D eigenvalue weighted by Gasteiger charge is 2.46. The molecule has 2 fully saturated rings. The molecule has 2 aromatic carbocycles. The van der Waals surface area contributed by atoms with E-state index in [0.29, 0.717) is 93.7 Å². The van der Waals surface area contributed by atoms with Gasteiger partial charge in [-0.3, -0.25) is 14.4 Å². The van der Waals surface area contributed by atoms with E-state index in [2.05, 4.69) is 15.6 Å². The number of fused-ring (bicyclic) bond motifs is 1. The van der Waals surface area contributed by atoms with Gasteiger partial charge in [0.1, 0.15) is 17.2 Å². The Labute approximate surface area is 256 Å². The number of amides is 3. The van der Waals surface area contributed by atoms with Gasteiger partial charge in [0.15, 0.2) is 5.82 Å². The first-order chi connectivity index (χ1) is 21.4. The quantitative estimate of drug-likeness (QED) is 0.267. The van der Waals surface area contributed by atoms with Crippen LogP contribution in [0.25, 0.3) is 22.4 Å². The minimum Gasteiger partial charge on any atom is -0.378 e. The highest BCUT2D eigenvalue weighted by molar-refractivity contribution is 6.00. The number of hydrogen-bond donors (Lipinski definition) is 3. The standard InChI is InChI=1S/C33H37N7O4/c1-23(41)34-14-15-35-29-26-22-27(36-30(26)38-28(37-29)24-8-4-2-5-9-24)31(42)39-16-12-33(13-17-39,25-10-6-3-7-11-25)32(43)40-18-20-44-21-19-40/h2-11,22H,12-21H2,1H3,(H,34,41)(H2,35,36,37,38). The van der Waals surface area contributed by atoms with Crippen LogP contribution in [0.4, 0.5) is 5.82 Å². The van der Waals surface area contributed by atoms with E-state index in [0.717, 1.165) is 11.1 Å². The van der Waals surface area contributed by atoms with Gasteiger partial charge in [0.05, 0.1) is 24.0 Å². The van der Waals surface area contributed by atoms with E-state index in [1.54, 1.807) is 6.07 Å². The number of rotatable bonds is 8. The number of benzene rings is 2. The molecule has 2 aromatic heterocycles. The van der Waals surface area contributed by atoms with Crippen LogP contribution >= 0.6 is 0 Å².